The van der Waals surface area contributed by atoms with Crippen LogP contribution in [0.1, 0.15) is 22.7 Å². The van der Waals surface area contributed by atoms with Crippen LogP contribution in [0, 0.1) is 0 Å². The second-order valence-corrected chi connectivity index (χ2v) is 6.96. The van der Waals surface area contributed by atoms with Crippen LogP contribution in [0.4, 0.5) is 0 Å². The molecule has 0 saturated carbocycles. The highest BCUT2D eigenvalue weighted by Gasteiger charge is 2.22. The molecule has 0 saturated heterocycles. The van der Waals surface area contributed by atoms with Gasteiger partial charge in [-0.2, -0.15) is 0 Å². The van der Waals surface area contributed by atoms with Gasteiger partial charge in [-0.1, -0.05) is 29.8 Å². The molecule has 1 unspecified atom stereocenters. The third kappa shape index (κ3) is 3.91. The fourth-order valence-electron chi connectivity index (χ4n) is 3.44. The first-order valence-electron chi connectivity index (χ1n) is 9.03. The number of carbonyl (C=O) groups is 1. The summed E-state index contributed by atoms with van der Waals surface area (Å²) >= 11 is 6.51. The van der Waals surface area contributed by atoms with Crippen molar-refractivity contribution < 1.29 is 14.6 Å². The number of halogens is 1. The van der Waals surface area contributed by atoms with E-state index in [1.165, 1.54) is 0 Å². The van der Waals surface area contributed by atoms with E-state index in [0.29, 0.717) is 40.1 Å². The molecule has 2 heterocycles. The highest BCUT2D eigenvalue weighted by Crippen LogP contribution is 2.40. The molecule has 6 heteroatoms. The third-order valence-corrected chi connectivity index (χ3v) is 5.14. The Morgan fingerprint density at radius 2 is 1.83 bits per heavy atom. The molecule has 5 nitrogen and oxygen atoms in total. The molecular weight excluding hydrogens is 388 g/mol. The minimum atomic E-state index is -0.223. The number of rotatable bonds is 6. The molecule has 4 rings (SSSR count). The lowest BCUT2D eigenvalue weighted by Gasteiger charge is -2.20. The van der Waals surface area contributed by atoms with E-state index in [2.05, 4.69) is 9.97 Å². The Labute approximate surface area is 172 Å². The van der Waals surface area contributed by atoms with Crippen LogP contribution >= 0.6 is 11.6 Å². The largest absolute Gasteiger partial charge is 0.505 e. The van der Waals surface area contributed by atoms with Crippen molar-refractivity contribution in [2.75, 3.05) is 0 Å². The minimum Gasteiger partial charge on any atom is -0.505 e. The highest BCUT2D eigenvalue weighted by atomic mass is 35.5. The average molecular weight is 405 g/mol. The summed E-state index contributed by atoms with van der Waals surface area (Å²) in [5, 5.41) is 12.2. The number of fused-ring (bicyclic) bond motifs is 1. The predicted octanol–water partition coefficient (Wildman–Crippen LogP) is 4.90. The van der Waals surface area contributed by atoms with Crippen molar-refractivity contribution in [2.45, 2.75) is 12.3 Å². The summed E-state index contributed by atoms with van der Waals surface area (Å²) in [7, 11) is 0. The quantitative estimate of drug-likeness (QED) is 0.463. The number of pyridine rings is 2. The van der Waals surface area contributed by atoms with E-state index in [4.69, 9.17) is 16.3 Å². The predicted molar refractivity (Wildman–Crippen MR) is 111 cm³/mol. The zero-order chi connectivity index (χ0) is 20.2. The maximum Gasteiger partial charge on any atom is 0.298 e. The highest BCUT2D eigenvalue weighted by molar-refractivity contribution is 6.35. The molecule has 0 amide bonds. The fraction of sp³-hybridized carbons (Fsp3) is 0.0870. The molecule has 0 bridgehead atoms. The number of phenols is 1. The SMILES string of the molecule is O=COc1ccc(C(Cc2ccccn2)c2cc(Cl)c3cccnc3c2O)cc1. The Morgan fingerprint density at radius 3 is 2.55 bits per heavy atom. The Balaban J connectivity index is 1.85. The molecule has 2 aromatic carbocycles. The van der Waals surface area contributed by atoms with Crippen LogP contribution in [-0.4, -0.2) is 21.5 Å². The monoisotopic (exact) mass is 404 g/mol. The van der Waals surface area contributed by atoms with Crippen LogP contribution < -0.4 is 4.74 Å². The van der Waals surface area contributed by atoms with Crippen molar-refractivity contribution >= 4 is 29.0 Å². The number of hydrogen-bond donors (Lipinski definition) is 1. The first-order valence-corrected chi connectivity index (χ1v) is 9.41. The normalized spacial score (nSPS) is 11.9. The van der Waals surface area contributed by atoms with Gasteiger partial charge < -0.3 is 9.84 Å². The molecule has 0 aliphatic rings. The van der Waals surface area contributed by atoms with Crippen LogP contribution in [0.25, 0.3) is 10.9 Å². The summed E-state index contributed by atoms with van der Waals surface area (Å²) in [6, 6.07) is 18.3. The van der Waals surface area contributed by atoms with Crippen molar-refractivity contribution in [3.05, 3.63) is 94.9 Å². The van der Waals surface area contributed by atoms with Crippen LogP contribution in [0.2, 0.25) is 5.02 Å². The molecule has 4 aromatic rings. The number of phenolic OH excluding ortho intramolecular Hbond substituents is 1. The summed E-state index contributed by atoms with van der Waals surface area (Å²) in [5.41, 5.74) is 2.93. The van der Waals surface area contributed by atoms with Crippen LogP contribution in [-0.2, 0) is 11.2 Å². The van der Waals surface area contributed by atoms with Crippen molar-refractivity contribution in [1.29, 1.82) is 0 Å². The van der Waals surface area contributed by atoms with Gasteiger partial charge in [0.2, 0.25) is 0 Å². The van der Waals surface area contributed by atoms with Crippen molar-refractivity contribution in [3.63, 3.8) is 0 Å². The molecule has 2 aromatic heterocycles. The Morgan fingerprint density at radius 1 is 1.03 bits per heavy atom. The van der Waals surface area contributed by atoms with E-state index in [1.807, 2.05) is 36.4 Å². The van der Waals surface area contributed by atoms with Gasteiger partial charge >= 0.3 is 0 Å². The lowest BCUT2D eigenvalue weighted by molar-refractivity contribution is -0.120. The van der Waals surface area contributed by atoms with Gasteiger partial charge in [-0.25, -0.2) is 0 Å². The van der Waals surface area contributed by atoms with E-state index < -0.39 is 0 Å². The minimum absolute atomic E-state index is 0.0964. The van der Waals surface area contributed by atoms with Gasteiger partial charge in [0.15, 0.2) is 0 Å². The van der Waals surface area contributed by atoms with Gasteiger partial charge in [0.25, 0.3) is 6.47 Å². The Bertz CT molecular complexity index is 1150. The number of aromatic hydroxyl groups is 1. The summed E-state index contributed by atoms with van der Waals surface area (Å²) in [4.78, 5) is 19.3. The molecule has 0 aliphatic carbocycles. The van der Waals surface area contributed by atoms with Gasteiger partial charge in [0.1, 0.15) is 17.0 Å². The van der Waals surface area contributed by atoms with Gasteiger partial charge in [-0.15, -0.1) is 0 Å². The summed E-state index contributed by atoms with van der Waals surface area (Å²) in [5.74, 6) is 0.320. The summed E-state index contributed by atoms with van der Waals surface area (Å²) < 4.78 is 4.89. The molecule has 0 radical (unpaired) electrons. The molecule has 0 aliphatic heterocycles. The summed E-state index contributed by atoms with van der Waals surface area (Å²) in [6.45, 7) is 0.390. The number of nitrogens with zero attached hydrogens (tertiary/aromatic N) is 2. The zero-order valence-corrected chi connectivity index (χ0v) is 16.1. The Hall–Kier alpha value is -3.44. The first-order chi connectivity index (χ1) is 14.2. The van der Waals surface area contributed by atoms with Crippen LogP contribution in [0.5, 0.6) is 11.5 Å². The van der Waals surface area contributed by atoms with Crippen molar-refractivity contribution in [1.82, 2.24) is 9.97 Å². The number of ether oxygens (including phenoxy) is 1. The second-order valence-electron chi connectivity index (χ2n) is 6.56. The van der Waals surface area contributed by atoms with E-state index in [1.54, 1.807) is 36.7 Å². The fourth-order valence-corrected chi connectivity index (χ4v) is 3.71. The number of hydrogen-bond acceptors (Lipinski definition) is 5. The third-order valence-electron chi connectivity index (χ3n) is 4.83. The van der Waals surface area contributed by atoms with Gasteiger partial charge in [-0.05, 0) is 48.0 Å². The number of benzene rings is 2. The van der Waals surface area contributed by atoms with E-state index >= 15 is 0 Å². The standard InChI is InChI=1S/C23H17ClN2O3/c24-21-13-20(23(28)22-18(21)5-3-11-26-22)19(12-16-4-1-2-10-25-16)15-6-8-17(9-7-15)29-14-27/h1-11,13-14,19,28H,12H2. The maximum absolute atomic E-state index is 11.0. The molecule has 0 fully saturated rings. The Kier molecular flexibility index (Phi) is 5.40. The molecule has 144 valence electrons. The molecule has 0 spiro atoms. The summed E-state index contributed by atoms with van der Waals surface area (Å²) in [6.07, 6.45) is 3.92. The van der Waals surface area contributed by atoms with Crippen molar-refractivity contribution in [3.8, 4) is 11.5 Å². The lowest BCUT2D eigenvalue weighted by atomic mass is 9.86. The van der Waals surface area contributed by atoms with Crippen molar-refractivity contribution in [2.24, 2.45) is 0 Å². The van der Waals surface area contributed by atoms with Crippen LogP contribution in [0.3, 0.4) is 0 Å². The first kappa shape index (κ1) is 18.9. The molecule has 1 N–H and O–H groups in total. The van der Waals surface area contributed by atoms with Gasteiger partial charge in [-0.3, -0.25) is 14.8 Å². The molecule has 1 atom stereocenters. The van der Waals surface area contributed by atoms with E-state index in [9.17, 15) is 9.90 Å². The second kappa shape index (κ2) is 8.29. The lowest BCUT2D eigenvalue weighted by Crippen LogP contribution is -2.07. The number of aromatic nitrogens is 2. The van der Waals surface area contributed by atoms with Crippen LogP contribution in [0.15, 0.2) is 73.1 Å². The van der Waals surface area contributed by atoms with Gasteiger partial charge in [0.05, 0.1) is 5.02 Å². The zero-order valence-electron chi connectivity index (χ0n) is 15.3. The van der Waals surface area contributed by atoms with E-state index in [-0.39, 0.29) is 11.7 Å². The van der Waals surface area contributed by atoms with Gasteiger partial charge in [0, 0.05) is 41.4 Å². The number of carbonyl (C=O) groups excluding carboxylic acids is 1. The van der Waals surface area contributed by atoms with E-state index in [0.717, 1.165) is 11.3 Å². The smallest absolute Gasteiger partial charge is 0.298 e. The maximum atomic E-state index is 11.0. The average Bonchev–Trinajstić information content (AvgIpc) is 2.76. The topological polar surface area (TPSA) is 72.3 Å². The molecule has 29 heavy (non-hydrogen) atoms. The molecular formula is C23H17ClN2O3.